The van der Waals surface area contributed by atoms with Crippen LogP contribution in [0.25, 0.3) is 0 Å². The van der Waals surface area contributed by atoms with Gasteiger partial charge in [0.25, 0.3) is 5.91 Å². The molecular formula is C20H21BrClN3O3. The van der Waals surface area contributed by atoms with E-state index in [0.29, 0.717) is 22.2 Å². The molecule has 0 atom stereocenters. The zero-order chi connectivity index (χ0) is 20.7. The number of carbonyl (C=O) groups excluding carboxylic acids is 2. The highest BCUT2D eigenvalue weighted by Gasteiger charge is 2.08. The average Bonchev–Trinajstić information content (AvgIpc) is 2.62. The number of amides is 2. The molecule has 2 amide bonds. The van der Waals surface area contributed by atoms with Gasteiger partial charge in [-0.3, -0.25) is 9.59 Å². The summed E-state index contributed by atoms with van der Waals surface area (Å²) in [5.41, 5.74) is 5.30. The topological polar surface area (TPSA) is 79.8 Å². The molecule has 0 fully saturated rings. The predicted octanol–water partition coefficient (Wildman–Crippen LogP) is 4.62. The Morgan fingerprint density at radius 3 is 2.54 bits per heavy atom. The van der Waals surface area contributed by atoms with Crippen molar-refractivity contribution in [2.45, 2.75) is 27.2 Å². The number of ether oxygens (including phenoxy) is 1. The van der Waals surface area contributed by atoms with Crippen LogP contribution in [0.3, 0.4) is 0 Å². The Morgan fingerprint density at radius 2 is 1.86 bits per heavy atom. The molecule has 8 heteroatoms. The number of anilines is 1. The number of aryl methyl sites for hydroxylation is 2. The second kappa shape index (κ2) is 10.2. The molecule has 0 radical (unpaired) electrons. The van der Waals surface area contributed by atoms with Crippen LogP contribution in [-0.2, 0) is 9.59 Å². The summed E-state index contributed by atoms with van der Waals surface area (Å²) < 4.78 is 6.41. The van der Waals surface area contributed by atoms with Crippen LogP contribution in [0.1, 0.15) is 24.5 Å². The molecule has 148 valence electrons. The first kappa shape index (κ1) is 21.9. The summed E-state index contributed by atoms with van der Waals surface area (Å²) in [7, 11) is 0. The van der Waals surface area contributed by atoms with E-state index in [-0.39, 0.29) is 18.9 Å². The van der Waals surface area contributed by atoms with E-state index in [1.54, 1.807) is 25.1 Å². The fourth-order valence-corrected chi connectivity index (χ4v) is 2.91. The Bertz CT molecular complexity index is 916. The Labute approximate surface area is 177 Å². The van der Waals surface area contributed by atoms with Crippen LogP contribution in [0.5, 0.6) is 5.75 Å². The number of hydrogen-bond donors (Lipinski definition) is 2. The van der Waals surface area contributed by atoms with E-state index in [9.17, 15) is 9.59 Å². The first-order valence-electron chi connectivity index (χ1n) is 8.51. The van der Waals surface area contributed by atoms with Gasteiger partial charge in [-0.05, 0) is 62.2 Å². The highest BCUT2D eigenvalue weighted by Crippen LogP contribution is 2.22. The Hall–Kier alpha value is -2.38. The molecule has 0 unspecified atom stereocenters. The van der Waals surface area contributed by atoms with Crippen LogP contribution in [0.2, 0.25) is 5.02 Å². The molecule has 2 N–H and O–H groups in total. The first-order chi connectivity index (χ1) is 13.2. The van der Waals surface area contributed by atoms with E-state index in [4.69, 9.17) is 16.3 Å². The summed E-state index contributed by atoms with van der Waals surface area (Å²) in [5, 5.41) is 7.25. The number of nitrogens with zero attached hydrogens (tertiary/aromatic N) is 1. The number of carbonyl (C=O) groups is 2. The van der Waals surface area contributed by atoms with E-state index in [0.717, 1.165) is 15.6 Å². The van der Waals surface area contributed by atoms with Gasteiger partial charge in [-0.15, -0.1) is 0 Å². The standard InChI is InChI=1S/C20H21BrClN3O3/c1-12-4-6-16(10-17(12)22)23-19(26)9-14(3)24-25-20(27)11-28-18-7-5-15(21)8-13(18)2/h4-8,10H,9,11H2,1-3H3,(H,23,26)(H,25,27). The van der Waals surface area contributed by atoms with Crippen LogP contribution < -0.4 is 15.5 Å². The van der Waals surface area contributed by atoms with Crippen molar-refractivity contribution < 1.29 is 14.3 Å². The van der Waals surface area contributed by atoms with Crippen molar-refractivity contribution in [3.05, 3.63) is 57.0 Å². The summed E-state index contributed by atoms with van der Waals surface area (Å²) in [6.07, 6.45) is 0.0401. The van der Waals surface area contributed by atoms with Gasteiger partial charge in [-0.25, -0.2) is 5.43 Å². The molecule has 0 saturated carbocycles. The van der Waals surface area contributed by atoms with Crippen LogP contribution in [0.15, 0.2) is 46.0 Å². The number of halogens is 2. The van der Waals surface area contributed by atoms with Crippen molar-refractivity contribution in [1.29, 1.82) is 0 Å². The summed E-state index contributed by atoms with van der Waals surface area (Å²) in [4.78, 5) is 23.9. The van der Waals surface area contributed by atoms with Crippen molar-refractivity contribution in [3.63, 3.8) is 0 Å². The monoisotopic (exact) mass is 465 g/mol. The van der Waals surface area contributed by atoms with Crippen molar-refractivity contribution in [1.82, 2.24) is 5.43 Å². The fraction of sp³-hybridized carbons (Fsp3) is 0.250. The molecule has 2 rings (SSSR count). The zero-order valence-electron chi connectivity index (χ0n) is 15.8. The quantitative estimate of drug-likeness (QED) is 0.461. The average molecular weight is 467 g/mol. The van der Waals surface area contributed by atoms with E-state index in [1.807, 2.05) is 32.0 Å². The van der Waals surface area contributed by atoms with Crippen molar-refractivity contribution in [3.8, 4) is 5.75 Å². The van der Waals surface area contributed by atoms with E-state index in [1.165, 1.54) is 0 Å². The van der Waals surface area contributed by atoms with Crippen LogP contribution in [-0.4, -0.2) is 24.1 Å². The fourth-order valence-electron chi connectivity index (χ4n) is 2.26. The second-order valence-corrected chi connectivity index (χ2v) is 7.59. The third kappa shape index (κ3) is 6.98. The van der Waals surface area contributed by atoms with Gasteiger partial charge in [0.1, 0.15) is 5.75 Å². The summed E-state index contributed by atoms with van der Waals surface area (Å²) in [5.74, 6) is -0.0419. The predicted molar refractivity (Wildman–Crippen MR) is 115 cm³/mol. The normalized spacial score (nSPS) is 11.1. The number of nitrogens with one attached hydrogen (secondary N) is 2. The van der Waals surface area contributed by atoms with Crippen LogP contribution in [0, 0.1) is 13.8 Å². The molecule has 2 aromatic rings. The molecule has 0 bridgehead atoms. The van der Waals surface area contributed by atoms with Crippen LogP contribution in [0.4, 0.5) is 5.69 Å². The summed E-state index contributed by atoms with van der Waals surface area (Å²) in [6.45, 7) is 5.25. The lowest BCUT2D eigenvalue weighted by Gasteiger charge is -2.09. The van der Waals surface area contributed by atoms with E-state index >= 15 is 0 Å². The van der Waals surface area contributed by atoms with Gasteiger partial charge in [-0.2, -0.15) is 5.10 Å². The Morgan fingerprint density at radius 1 is 1.11 bits per heavy atom. The van der Waals surface area contributed by atoms with Gasteiger partial charge in [0.2, 0.25) is 5.91 Å². The van der Waals surface area contributed by atoms with Gasteiger partial charge in [0, 0.05) is 20.9 Å². The third-order valence-electron chi connectivity index (χ3n) is 3.74. The molecule has 28 heavy (non-hydrogen) atoms. The Balaban J connectivity index is 1.79. The molecule has 2 aromatic carbocycles. The largest absolute Gasteiger partial charge is 0.483 e. The maximum Gasteiger partial charge on any atom is 0.277 e. The third-order valence-corrected chi connectivity index (χ3v) is 4.64. The van der Waals surface area contributed by atoms with E-state index < -0.39 is 5.91 Å². The van der Waals surface area contributed by atoms with Gasteiger partial charge < -0.3 is 10.1 Å². The highest BCUT2D eigenvalue weighted by atomic mass is 79.9. The molecule has 0 spiro atoms. The van der Waals surface area contributed by atoms with Gasteiger partial charge >= 0.3 is 0 Å². The van der Waals surface area contributed by atoms with Gasteiger partial charge in [0.15, 0.2) is 6.61 Å². The first-order valence-corrected chi connectivity index (χ1v) is 9.68. The minimum Gasteiger partial charge on any atom is -0.483 e. The van der Waals surface area contributed by atoms with Gasteiger partial charge in [0.05, 0.1) is 6.42 Å². The minimum absolute atomic E-state index is 0.0401. The molecule has 0 aliphatic heterocycles. The molecule has 0 saturated heterocycles. The maximum atomic E-state index is 12.1. The van der Waals surface area contributed by atoms with Crippen molar-refractivity contribution in [2.75, 3.05) is 11.9 Å². The lowest BCUT2D eigenvalue weighted by molar-refractivity contribution is -0.123. The van der Waals surface area contributed by atoms with Crippen molar-refractivity contribution >= 4 is 50.7 Å². The number of rotatable bonds is 7. The highest BCUT2D eigenvalue weighted by molar-refractivity contribution is 9.10. The molecule has 0 aliphatic carbocycles. The smallest absolute Gasteiger partial charge is 0.277 e. The second-order valence-electron chi connectivity index (χ2n) is 6.27. The lowest BCUT2D eigenvalue weighted by Crippen LogP contribution is -2.26. The minimum atomic E-state index is -0.410. The van der Waals surface area contributed by atoms with Crippen LogP contribution >= 0.6 is 27.5 Å². The molecule has 6 nitrogen and oxygen atoms in total. The number of hydrazone groups is 1. The number of benzene rings is 2. The lowest BCUT2D eigenvalue weighted by atomic mass is 10.2. The van der Waals surface area contributed by atoms with E-state index in [2.05, 4.69) is 31.8 Å². The maximum absolute atomic E-state index is 12.1. The summed E-state index contributed by atoms with van der Waals surface area (Å²) >= 11 is 9.41. The van der Waals surface area contributed by atoms with Crippen molar-refractivity contribution in [2.24, 2.45) is 5.10 Å². The zero-order valence-corrected chi connectivity index (χ0v) is 18.1. The number of hydrogen-bond acceptors (Lipinski definition) is 4. The SMILES string of the molecule is CC(CC(=O)Nc1ccc(C)c(Cl)c1)=NNC(=O)COc1ccc(Br)cc1C. The molecule has 0 aliphatic rings. The van der Waals surface area contributed by atoms with Gasteiger partial charge in [-0.1, -0.05) is 33.6 Å². The Kier molecular flexibility index (Phi) is 8.02. The molecular weight excluding hydrogens is 446 g/mol. The molecule has 0 heterocycles. The summed E-state index contributed by atoms with van der Waals surface area (Å²) in [6, 6.07) is 10.8. The molecule has 0 aromatic heterocycles.